The molecule has 0 radical (unpaired) electrons. The normalized spacial score (nSPS) is 27.2. The van der Waals surface area contributed by atoms with E-state index in [0.717, 1.165) is 0 Å². The van der Waals surface area contributed by atoms with Crippen molar-refractivity contribution in [3.05, 3.63) is 30.3 Å². The molecule has 0 heterocycles. The minimum atomic E-state index is -3.39. The molecule has 4 heteroatoms. The van der Waals surface area contributed by atoms with Gasteiger partial charge in [0.1, 0.15) is 6.17 Å². The second-order valence-corrected chi connectivity index (χ2v) is 5.32. The third-order valence-electron chi connectivity index (χ3n) is 2.13. The van der Waals surface area contributed by atoms with Crippen LogP contribution < -0.4 is 0 Å². The smallest absolute Gasteiger partial charge is 0.184 e. The molecule has 0 aliphatic heterocycles. The van der Waals surface area contributed by atoms with Crippen LogP contribution in [-0.4, -0.2) is 19.8 Å². The third kappa shape index (κ3) is 1.46. The van der Waals surface area contributed by atoms with E-state index < -0.39 is 21.3 Å². The average molecular weight is 200 g/mol. The van der Waals surface area contributed by atoms with E-state index in [2.05, 4.69) is 0 Å². The van der Waals surface area contributed by atoms with Crippen LogP contribution in [0.15, 0.2) is 35.2 Å². The highest BCUT2D eigenvalue weighted by Crippen LogP contribution is 2.36. The van der Waals surface area contributed by atoms with Crippen molar-refractivity contribution in [3.8, 4) is 0 Å². The summed E-state index contributed by atoms with van der Waals surface area (Å²) in [6, 6.07) is 8.02. The van der Waals surface area contributed by atoms with E-state index in [1.54, 1.807) is 18.2 Å². The fourth-order valence-electron chi connectivity index (χ4n) is 1.25. The zero-order chi connectivity index (χ0) is 9.47. The number of alkyl halides is 1. The number of benzene rings is 1. The van der Waals surface area contributed by atoms with E-state index in [-0.39, 0.29) is 11.3 Å². The van der Waals surface area contributed by atoms with Gasteiger partial charge in [-0.2, -0.15) is 0 Å². The largest absolute Gasteiger partial charge is 0.246 e. The van der Waals surface area contributed by atoms with Gasteiger partial charge in [0.05, 0.1) is 10.1 Å². The zero-order valence-electron chi connectivity index (χ0n) is 6.85. The lowest BCUT2D eigenvalue weighted by Crippen LogP contribution is -2.09. The van der Waals surface area contributed by atoms with Crippen LogP contribution in [0, 0.1) is 0 Å². The Morgan fingerprint density at radius 1 is 1.23 bits per heavy atom. The summed E-state index contributed by atoms with van der Waals surface area (Å²) in [7, 11) is -3.39. The quantitative estimate of drug-likeness (QED) is 0.726. The first-order valence-electron chi connectivity index (χ1n) is 4.05. The predicted molar refractivity (Wildman–Crippen MR) is 46.9 cm³/mol. The van der Waals surface area contributed by atoms with Gasteiger partial charge in [-0.15, -0.1) is 0 Å². The Kier molecular flexibility index (Phi) is 1.87. The Labute approximate surface area is 76.3 Å². The minimum absolute atomic E-state index is 0.150. The van der Waals surface area contributed by atoms with E-state index in [4.69, 9.17) is 0 Å². The van der Waals surface area contributed by atoms with E-state index >= 15 is 0 Å². The fourth-order valence-corrected chi connectivity index (χ4v) is 2.96. The second-order valence-electron chi connectivity index (χ2n) is 3.15. The molecule has 0 N–H and O–H groups in total. The van der Waals surface area contributed by atoms with Gasteiger partial charge in [-0.3, -0.25) is 0 Å². The summed E-state index contributed by atoms with van der Waals surface area (Å²) in [5, 5.41) is -0.796. The van der Waals surface area contributed by atoms with Crippen LogP contribution in [0.5, 0.6) is 0 Å². The molecule has 70 valence electrons. The number of sulfone groups is 1. The monoisotopic (exact) mass is 200 g/mol. The number of halogens is 1. The molecule has 0 bridgehead atoms. The maximum absolute atomic E-state index is 12.6. The van der Waals surface area contributed by atoms with Gasteiger partial charge in [-0.1, -0.05) is 18.2 Å². The first-order chi connectivity index (χ1) is 6.12. The van der Waals surface area contributed by atoms with Crippen molar-refractivity contribution in [2.24, 2.45) is 0 Å². The molecule has 1 saturated carbocycles. The van der Waals surface area contributed by atoms with E-state index in [1.807, 2.05) is 0 Å². The van der Waals surface area contributed by atoms with E-state index in [1.165, 1.54) is 12.1 Å². The first kappa shape index (κ1) is 8.69. The molecule has 0 aromatic heterocycles. The molecular formula is C9H9FO2S. The van der Waals surface area contributed by atoms with Crippen LogP contribution in [0.4, 0.5) is 4.39 Å². The van der Waals surface area contributed by atoms with Crippen molar-refractivity contribution in [1.29, 1.82) is 0 Å². The highest BCUT2D eigenvalue weighted by Gasteiger charge is 2.48. The molecule has 0 saturated heterocycles. The van der Waals surface area contributed by atoms with Gasteiger partial charge in [0.2, 0.25) is 0 Å². The fraction of sp³-hybridized carbons (Fsp3) is 0.333. The molecule has 1 aliphatic carbocycles. The molecule has 0 amide bonds. The summed E-state index contributed by atoms with van der Waals surface area (Å²) in [5.41, 5.74) is 0. The van der Waals surface area contributed by atoms with Crippen molar-refractivity contribution in [2.45, 2.75) is 22.7 Å². The molecule has 2 nitrogen and oxygen atoms in total. The maximum atomic E-state index is 12.6. The van der Waals surface area contributed by atoms with Crippen LogP contribution in [0.3, 0.4) is 0 Å². The van der Waals surface area contributed by atoms with Crippen molar-refractivity contribution < 1.29 is 12.8 Å². The Morgan fingerprint density at radius 2 is 1.77 bits per heavy atom. The lowest BCUT2D eigenvalue weighted by atomic mass is 10.4. The van der Waals surface area contributed by atoms with Crippen molar-refractivity contribution >= 4 is 9.84 Å². The van der Waals surface area contributed by atoms with Crippen LogP contribution in [0.1, 0.15) is 6.42 Å². The van der Waals surface area contributed by atoms with Gasteiger partial charge < -0.3 is 0 Å². The summed E-state index contributed by atoms with van der Waals surface area (Å²) in [4.78, 5) is 0.222. The summed E-state index contributed by atoms with van der Waals surface area (Å²) in [6.45, 7) is 0. The van der Waals surface area contributed by atoms with Gasteiger partial charge in [-0.05, 0) is 18.6 Å². The maximum Gasteiger partial charge on any atom is 0.184 e. The van der Waals surface area contributed by atoms with Crippen LogP contribution in [0.25, 0.3) is 0 Å². The van der Waals surface area contributed by atoms with Gasteiger partial charge in [-0.25, -0.2) is 12.8 Å². The zero-order valence-corrected chi connectivity index (χ0v) is 7.67. The Hall–Kier alpha value is -0.900. The Morgan fingerprint density at radius 3 is 2.23 bits per heavy atom. The number of hydrogen-bond acceptors (Lipinski definition) is 2. The van der Waals surface area contributed by atoms with Gasteiger partial charge in [0, 0.05) is 0 Å². The molecule has 2 rings (SSSR count). The highest BCUT2D eigenvalue weighted by molar-refractivity contribution is 7.92. The topological polar surface area (TPSA) is 34.1 Å². The standard InChI is InChI=1S/C9H9FO2S/c10-8-6-9(8)13(11,12)7-4-2-1-3-5-7/h1-5,8-9H,6H2/t8-,9-/m1/s1. The first-order valence-corrected chi connectivity index (χ1v) is 5.60. The minimum Gasteiger partial charge on any atom is -0.246 e. The van der Waals surface area contributed by atoms with E-state index in [0.29, 0.717) is 0 Å². The molecule has 1 aromatic carbocycles. The molecular weight excluding hydrogens is 191 g/mol. The molecule has 0 unspecified atom stereocenters. The third-order valence-corrected chi connectivity index (χ3v) is 4.34. The van der Waals surface area contributed by atoms with E-state index in [9.17, 15) is 12.8 Å². The lowest BCUT2D eigenvalue weighted by Gasteiger charge is -2.00. The second kappa shape index (κ2) is 2.80. The molecule has 1 aliphatic rings. The molecule has 0 spiro atoms. The molecule has 1 aromatic rings. The Bertz CT molecular complexity index is 399. The van der Waals surface area contributed by atoms with Gasteiger partial charge >= 0.3 is 0 Å². The number of rotatable bonds is 2. The van der Waals surface area contributed by atoms with Crippen molar-refractivity contribution in [3.63, 3.8) is 0 Å². The predicted octanol–water partition coefficient (Wildman–Crippen LogP) is 1.57. The SMILES string of the molecule is O=S(=O)(c1ccccc1)[C@@H]1C[C@H]1F. The Balaban J connectivity index is 2.36. The number of hydrogen-bond donors (Lipinski definition) is 0. The highest BCUT2D eigenvalue weighted by atomic mass is 32.2. The summed E-state index contributed by atoms with van der Waals surface area (Å²) in [5.74, 6) is 0. The van der Waals surface area contributed by atoms with Crippen molar-refractivity contribution in [2.75, 3.05) is 0 Å². The summed E-state index contributed by atoms with van der Waals surface area (Å²) < 4.78 is 35.7. The van der Waals surface area contributed by atoms with Crippen LogP contribution in [-0.2, 0) is 9.84 Å². The van der Waals surface area contributed by atoms with Crippen LogP contribution >= 0.6 is 0 Å². The molecule has 2 atom stereocenters. The molecule has 1 fully saturated rings. The van der Waals surface area contributed by atoms with Gasteiger partial charge in [0.15, 0.2) is 9.84 Å². The summed E-state index contributed by atoms with van der Waals surface area (Å²) in [6.07, 6.45) is -1.01. The molecule has 13 heavy (non-hydrogen) atoms. The summed E-state index contributed by atoms with van der Waals surface area (Å²) >= 11 is 0. The van der Waals surface area contributed by atoms with Crippen molar-refractivity contribution in [1.82, 2.24) is 0 Å². The van der Waals surface area contributed by atoms with Crippen LogP contribution in [0.2, 0.25) is 0 Å². The average Bonchev–Trinajstić information content (AvgIpc) is 2.85. The van der Waals surface area contributed by atoms with Gasteiger partial charge in [0.25, 0.3) is 0 Å². The lowest BCUT2D eigenvalue weighted by molar-refractivity contribution is 0.477.